The molecule has 0 radical (unpaired) electrons. The highest BCUT2D eigenvalue weighted by Crippen LogP contribution is 2.49. The summed E-state index contributed by atoms with van der Waals surface area (Å²) in [5, 5.41) is 3.44. The van der Waals surface area contributed by atoms with Gasteiger partial charge in [-0.1, -0.05) is 48.2 Å². The molecule has 0 bridgehead atoms. The van der Waals surface area contributed by atoms with Crippen molar-refractivity contribution in [3.8, 4) is 22.6 Å². The monoisotopic (exact) mass is 410 g/mol. The minimum atomic E-state index is 0.745. The molecule has 2 aliphatic heterocycles. The summed E-state index contributed by atoms with van der Waals surface area (Å²) in [5.74, 6) is 14.3. The number of fused-ring (bicyclic) bond motifs is 4. The van der Waals surface area contributed by atoms with E-state index in [-0.39, 0.29) is 0 Å². The molecular weight excluding hydrogens is 392 g/mol. The van der Waals surface area contributed by atoms with Crippen molar-refractivity contribution < 1.29 is 4.74 Å². The molecule has 0 saturated heterocycles. The van der Waals surface area contributed by atoms with Crippen molar-refractivity contribution in [3.63, 3.8) is 0 Å². The summed E-state index contributed by atoms with van der Waals surface area (Å²) in [7, 11) is 0. The molecule has 2 heterocycles. The third-order valence-corrected chi connectivity index (χ3v) is 6.57. The van der Waals surface area contributed by atoms with Crippen molar-refractivity contribution >= 4 is 34.5 Å². The maximum absolute atomic E-state index is 6.41. The van der Waals surface area contributed by atoms with Crippen molar-refractivity contribution in [1.82, 2.24) is 0 Å². The Morgan fingerprint density at radius 2 is 1.20 bits per heavy atom. The van der Waals surface area contributed by atoms with Gasteiger partial charge in [0.25, 0.3) is 0 Å². The Bertz CT molecular complexity index is 1310. The molecule has 4 aromatic carbocycles. The molecule has 0 saturated carbocycles. The lowest BCUT2D eigenvalue weighted by Crippen LogP contribution is -2.28. The molecule has 6 rings (SSSR count). The van der Waals surface area contributed by atoms with E-state index in [1.807, 2.05) is 48.5 Å². The topological polar surface area (TPSA) is 67.8 Å². The van der Waals surface area contributed by atoms with Gasteiger partial charge in [-0.25, -0.2) is 11.7 Å². The van der Waals surface area contributed by atoms with Gasteiger partial charge in [-0.15, -0.1) is 0 Å². The molecule has 5 nitrogen and oxygen atoms in total. The Morgan fingerprint density at radius 1 is 0.567 bits per heavy atom. The summed E-state index contributed by atoms with van der Waals surface area (Å²) in [6, 6.07) is 28.4. The number of hydrogen-bond acceptors (Lipinski definition) is 6. The summed E-state index contributed by atoms with van der Waals surface area (Å²) in [5.41, 5.74) is 5.87. The van der Waals surface area contributed by atoms with Crippen LogP contribution in [0.1, 0.15) is 0 Å². The number of hydrazine groups is 2. The van der Waals surface area contributed by atoms with Crippen LogP contribution in [-0.4, -0.2) is 0 Å². The number of nitrogens with zero attached hydrogens (tertiary/aromatic N) is 2. The van der Waals surface area contributed by atoms with Crippen LogP contribution in [0.15, 0.2) is 94.7 Å². The summed E-state index contributed by atoms with van der Waals surface area (Å²) in [6.07, 6.45) is 0. The first-order chi connectivity index (χ1) is 14.7. The number of hydrogen-bond donors (Lipinski definition) is 2. The molecule has 0 unspecified atom stereocenters. The largest absolute Gasteiger partial charge is 0.453 e. The van der Waals surface area contributed by atoms with E-state index in [1.54, 1.807) is 21.8 Å². The van der Waals surface area contributed by atoms with Crippen LogP contribution < -0.4 is 26.4 Å². The second kappa shape index (κ2) is 6.53. The summed E-state index contributed by atoms with van der Waals surface area (Å²) in [4.78, 5) is 2.27. The van der Waals surface area contributed by atoms with E-state index in [9.17, 15) is 0 Å². The Labute approximate surface area is 178 Å². The molecule has 0 atom stereocenters. The van der Waals surface area contributed by atoms with Gasteiger partial charge in [0, 0.05) is 9.79 Å². The first kappa shape index (κ1) is 17.4. The zero-order valence-electron chi connectivity index (χ0n) is 15.9. The van der Waals surface area contributed by atoms with Gasteiger partial charge in [0.2, 0.25) is 0 Å². The van der Waals surface area contributed by atoms with Crippen molar-refractivity contribution in [2.75, 3.05) is 10.0 Å². The molecule has 146 valence electrons. The molecular formula is C24H18N4OS. The molecule has 0 fully saturated rings. The standard InChI is InChI=1S/C24H18N4OS/c25-27-17-5-1-3-7-21(17)29-22-12-10-15(13-20(22)27)16-9-11-19-24(14-16)30-23-8-4-2-6-18(23)28(19)26/h1-14H,25-26H2. The minimum Gasteiger partial charge on any atom is -0.453 e. The predicted octanol–water partition coefficient (Wildman–Crippen LogP) is 5.95. The number of para-hydroxylation sites is 3. The lowest BCUT2D eigenvalue weighted by atomic mass is 10.0. The molecule has 4 N–H and O–H groups in total. The van der Waals surface area contributed by atoms with Gasteiger partial charge in [0.15, 0.2) is 11.5 Å². The van der Waals surface area contributed by atoms with E-state index in [2.05, 4.69) is 36.4 Å². The summed E-state index contributed by atoms with van der Waals surface area (Å²) >= 11 is 1.73. The van der Waals surface area contributed by atoms with Crippen LogP contribution in [-0.2, 0) is 0 Å². The van der Waals surface area contributed by atoms with Gasteiger partial charge in [-0.2, -0.15) is 0 Å². The van der Waals surface area contributed by atoms with Gasteiger partial charge in [0.05, 0.1) is 11.4 Å². The van der Waals surface area contributed by atoms with Crippen LogP contribution >= 0.6 is 11.8 Å². The van der Waals surface area contributed by atoms with Crippen molar-refractivity contribution in [2.45, 2.75) is 9.79 Å². The van der Waals surface area contributed by atoms with Crippen molar-refractivity contribution in [1.29, 1.82) is 0 Å². The molecule has 4 aromatic rings. The van der Waals surface area contributed by atoms with Crippen LogP contribution in [0, 0.1) is 0 Å². The van der Waals surface area contributed by atoms with Gasteiger partial charge < -0.3 is 4.74 Å². The Balaban J connectivity index is 1.40. The summed E-state index contributed by atoms with van der Waals surface area (Å²) < 4.78 is 6.03. The Morgan fingerprint density at radius 3 is 2.10 bits per heavy atom. The SMILES string of the molecule is NN1c2ccccc2Oc2ccc(-c3ccc4c(c3)Sc3ccccc3N4N)cc21. The third-order valence-electron chi connectivity index (χ3n) is 5.46. The fourth-order valence-corrected chi connectivity index (χ4v) is 5.04. The first-order valence-electron chi connectivity index (χ1n) is 9.61. The highest BCUT2D eigenvalue weighted by atomic mass is 32.2. The van der Waals surface area contributed by atoms with E-state index in [4.69, 9.17) is 16.4 Å². The fraction of sp³-hybridized carbons (Fsp3) is 0. The van der Waals surface area contributed by atoms with Gasteiger partial charge in [-0.05, 0) is 59.7 Å². The van der Waals surface area contributed by atoms with Crippen LogP contribution in [0.25, 0.3) is 11.1 Å². The van der Waals surface area contributed by atoms with Crippen LogP contribution in [0.2, 0.25) is 0 Å². The highest BCUT2D eigenvalue weighted by Gasteiger charge is 2.24. The number of nitrogens with two attached hydrogens (primary N) is 2. The van der Waals surface area contributed by atoms with Crippen molar-refractivity contribution in [2.24, 2.45) is 11.7 Å². The number of benzene rings is 4. The minimum absolute atomic E-state index is 0.745. The lowest BCUT2D eigenvalue weighted by Gasteiger charge is -2.30. The van der Waals surface area contributed by atoms with E-state index >= 15 is 0 Å². The lowest BCUT2D eigenvalue weighted by molar-refractivity contribution is 0.474. The van der Waals surface area contributed by atoms with Gasteiger partial charge in [0.1, 0.15) is 11.4 Å². The quantitative estimate of drug-likeness (QED) is 0.378. The number of anilines is 4. The summed E-state index contributed by atoms with van der Waals surface area (Å²) in [6.45, 7) is 0. The molecule has 0 aliphatic carbocycles. The molecule has 0 aromatic heterocycles. The fourth-order valence-electron chi connectivity index (χ4n) is 3.93. The highest BCUT2D eigenvalue weighted by molar-refractivity contribution is 7.99. The molecule has 2 aliphatic rings. The second-order valence-corrected chi connectivity index (χ2v) is 8.33. The first-order valence-corrected chi connectivity index (χ1v) is 10.4. The predicted molar refractivity (Wildman–Crippen MR) is 122 cm³/mol. The van der Waals surface area contributed by atoms with E-state index in [1.165, 1.54) is 0 Å². The van der Waals surface area contributed by atoms with Gasteiger partial charge >= 0.3 is 0 Å². The van der Waals surface area contributed by atoms with E-state index in [0.717, 1.165) is 55.2 Å². The normalized spacial score (nSPS) is 13.7. The smallest absolute Gasteiger partial charge is 0.152 e. The average Bonchev–Trinajstić information content (AvgIpc) is 2.79. The van der Waals surface area contributed by atoms with E-state index < -0.39 is 0 Å². The Kier molecular flexibility index (Phi) is 3.79. The Hall–Kier alpha value is -3.45. The maximum Gasteiger partial charge on any atom is 0.152 e. The number of rotatable bonds is 1. The second-order valence-electron chi connectivity index (χ2n) is 7.24. The maximum atomic E-state index is 6.41. The zero-order valence-corrected chi connectivity index (χ0v) is 16.8. The van der Waals surface area contributed by atoms with E-state index in [0.29, 0.717) is 0 Å². The van der Waals surface area contributed by atoms with Crippen LogP contribution in [0.4, 0.5) is 22.7 Å². The zero-order chi connectivity index (χ0) is 20.2. The average molecular weight is 411 g/mol. The van der Waals surface area contributed by atoms with Crippen LogP contribution in [0.5, 0.6) is 11.5 Å². The third kappa shape index (κ3) is 2.59. The number of ether oxygens (including phenoxy) is 1. The molecule has 0 spiro atoms. The van der Waals surface area contributed by atoms with Gasteiger partial charge in [-0.3, -0.25) is 10.0 Å². The molecule has 6 heteroatoms. The van der Waals surface area contributed by atoms with Crippen molar-refractivity contribution in [3.05, 3.63) is 84.9 Å². The van der Waals surface area contributed by atoms with Crippen LogP contribution in [0.3, 0.4) is 0 Å². The molecule has 30 heavy (non-hydrogen) atoms. The molecule has 0 amide bonds.